The Hall–Kier alpha value is -3.57. The third-order valence-electron chi connectivity index (χ3n) is 8.23. The molecule has 0 aliphatic carbocycles. The number of carbonyl (C=O) groups is 1. The van der Waals surface area contributed by atoms with Crippen molar-refractivity contribution in [2.45, 2.75) is 64.4 Å². The van der Waals surface area contributed by atoms with Gasteiger partial charge in [-0.3, -0.25) is 9.69 Å². The minimum atomic E-state index is -0.414. The Morgan fingerprint density at radius 1 is 1.26 bits per heavy atom. The summed E-state index contributed by atoms with van der Waals surface area (Å²) in [7, 11) is 0. The van der Waals surface area contributed by atoms with Gasteiger partial charge in [0.05, 0.1) is 29.6 Å². The first kappa shape index (κ1) is 25.7. The molecule has 4 unspecified atom stereocenters. The van der Waals surface area contributed by atoms with Crippen LogP contribution >= 0.6 is 0 Å². The van der Waals surface area contributed by atoms with E-state index in [1.807, 2.05) is 26.5 Å². The monoisotopic (exact) mass is 531 g/mol. The Bertz CT molecular complexity index is 1420. The maximum atomic E-state index is 13.8. The number of aliphatic hydroxyl groups excluding tert-OH is 1. The molecule has 6 rings (SSSR count). The van der Waals surface area contributed by atoms with Gasteiger partial charge in [0.1, 0.15) is 12.0 Å². The molecule has 11 heteroatoms. The summed E-state index contributed by atoms with van der Waals surface area (Å²) in [5.74, 6) is 0.958. The molecule has 2 N–H and O–H groups in total. The number of amides is 1. The highest BCUT2D eigenvalue weighted by molar-refractivity contribution is 5.97. The molecule has 3 aliphatic rings. The van der Waals surface area contributed by atoms with Gasteiger partial charge in [0.15, 0.2) is 5.65 Å². The number of pyridine rings is 1. The lowest BCUT2D eigenvalue weighted by atomic mass is 9.98. The summed E-state index contributed by atoms with van der Waals surface area (Å²) in [6.45, 7) is 12.4. The zero-order valence-corrected chi connectivity index (χ0v) is 22.9. The molecule has 1 amide bonds. The standard InChI is InChI=1S/C28H37N9O2/c1-17(2)37-27-19(13-31-37)9-20(12-30-27)28(39)35-8-6-5-7-23(35)22-10-25-32-26(18(3)14-36(25)33-22)34-15-21(11-29-4)24(38)16-34/h9-10,12-14,17,21,23-24,26,32,38H,4-8,11,15-16H2,1-3H3. The second-order valence-electron chi connectivity index (χ2n) is 11.3. The third-order valence-corrected chi connectivity index (χ3v) is 8.23. The van der Waals surface area contributed by atoms with Crippen LogP contribution < -0.4 is 5.32 Å². The molecule has 39 heavy (non-hydrogen) atoms. The number of hydrogen-bond acceptors (Lipinski definition) is 8. The lowest BCUT2D eigenvalue weighted by Gasteiger charge is -2.34. The maximum Gasteiger partial charge on any atom is 0.256 e. The lowest BCUT2D eigenvalue weighted by molar-refractivity contribution is 0.0605. The molecular weight excluding hydrogens is 494 g/mol. The van der Waals surface area contributed by atoms with Crippen LogP contribution in [0.1, 0.15) is 68.2 Å². The van der Waals surface area contributed by atoms with E-state index in [2.05, 4.69) is 58.8 Å². The van der Waals surface area contributed by atoms with E-state index in [0.717, 1.165) is 53.9 Å². The Kier molecular flexibility index (Phi) is 6.72. The summed E-state index contributed by atoms with van der Waals surface area (Å²) < 4.78 is 3.75. The number of nitrogens with zero attached hydrogens (tertiary/aromatic N) is 8. The molecule has 2 fully saturated rings. The van der Waals surface area contributed by atoms with Crippen LogP contribution in [-0.2, 0) is 0 Å². The number of aliphatic imine (C=N–C) groups is 1. The van der Waals surface area contributed by atoms with Crippen LogP contribution in [0.3, 0.4) is 0 Å². The summed E-state index contributed by atoms with van der Waals surface area (Å²) in [4.78, 5) is 26.5. The van der Waals surface area contributed by atoms with Crippen LogP contribution in [0.15, 0.2) is 35.1 Å². The number of β-amino-alcohol motifs (C(OH)–C–C–N with tert-alkyl or cyclic N) is 1. The predicted molar refractivity (Wildman–Crippen MR) is 151 cm³/mol. The van der Waals surface area contributed by atoms with Crippen molar-refractivity contribution in [3.8, 4) is 0 Å². The highest BCUT2D eigenvalue weighted by Crippen LogP contribution is 2.35. The fraction of sp³-hybridized carbons (Fsp3) is 0.536. The molecule has 4 atom stereocenters. The fourth-order valence-corrected chi connectivity index (χ4v) is 6.20. The summed E-state index contributed by atoms with van der Waals surface area (Å²) in [5, 5.41) is 24.3. The Morgan fingerprint density at radius 3 is 2.90 bits per heavy atom. The van der Waals surface area contributed by atoms with Gasteiger partial charge in [-0.2, -0.15) is 10.2 Å². The number of piperidine rings is 1. The number of aliphatic hydroxyl groups is 1. The number of likely N-dealkylation sites (tertiary alicyclic amines) is 2. The normalized spacial score (nSPS) is 25.6. The predicted octanol–water partition coefficient (Wildman–Crippen LogP) is 3.18. The second-order valence-corrected chi connectivity index (χ2v) is 11.3. The van der Waals surface area contributed by atoms with E-state index < -0.39 is 6.10 Å². The average molecular weight is 532 g/mol. The molecule has 6 heterocycles. The van der Waals surface area contributed by atoms with Crippen LogP contribution in [0, 0.1) is 5.92 Å². The van der Waals surface area contributed by atoms with Gasteiger partial charge in [-0.1, -0.05) is 0 Å². The van der Waals surface area contributed by atoms with Crippen molar-refractivity contribution < 1.29 is 9.90 Å². The Morgan fingerprint density at radius 2 is 2.10 bits per heavy atom. The number of rotatable bonds is 6. The number of anilines is 1. The second kappa shape index (κ2) is 10.2. The topological polar surface area (TPSA) is 117 Å². The molecule has 206 valence electrons. The van der Waals surface area contributed by atoms with E-state index >= 15 is 0 Å². The van der Waals surface area contributed by atoms with Gasteiger partial charge in [0, 0.05) is 62.0 Å². The number of hydrogen-bond donors (Lipinski definition) is 2. The number of carbonyl (C=O) groups excluding carboxylic acids is 1. The Labute approximate surface area is 228 Å². The Balaban J connectivity index is 1.23. The van der Waals surface area contributed by atoms with Gasteiger partial charge in [-0.15, -0.1) is 0 Å². The van der Waals surface area contributed by atoms with Gasteiger partial charge in [0.2, 0.25) is 0 Å². The number of aromatic nitrogens is 5. The van der Waals surface area contributed by atoms with Crippen LogP contribution in [0.25, 0.3) is 17.2 Å². The smallest absolute Gasteiger partial charge is 0.256 e. The van der Waals surface area contributed by atoms with Crippen LogP contribution in [0.4, 0.5) is 5.82 Å². The molecule has 3 aromatic rings. The van der Waals surface area contributed by atoms with Crippen LogP contribution in [0.2, 0.25) is 0 Å². The van der Waals surface area contributed by atoms with E-state index in [0.29, 0.717) is 25.2 Å². The first-order valence-corrected chi connectivity index (χ1v) is 13.9. The molecule has 11 nitrogen and oxygen atoms in total. The van der Waals surface area contributed by atoms with Crippen LogP contribution in [-0.4, -0.2) is 90.5 Å². The highest BCUT2D eigenvalue weighted by atomic mass is 16.3. The van der Waals surface area contributed by atoms with E-state index in [-0.39, 0.29) is 30.1 Å². The summed E-state index contributed by atoms with van der Waals surface area (Å²) in [6.07, 6.45) is 7.94. The molecular formula is C28H37N9O2. The fourth-order valence-electron chi connectivity index (χ4n) is 6.20. The minimum absolute atomic E-state index is 0.0251. The van der Waals surface area contributed by atoms with E-state index in [9.17, 15) is 9.90 Å². The average Bonchev–Trinajstić information content (AvgIpc) is 3.64. The molecule has 0 saturated carbocycles. The summed E-state index contributed by atoms with van der Waals surface area (Å²) in [5.41, 5.74) is 3.37. The van der Waals surface area contributed by atoms with Crippen molar-refractivity contribution in [3.05, 3.63) is 41.4 Å². The highest BCUT2D eigenvalue weighted by Gasteiger charge is 2.38. The lowest BCUT2D eigenvalue weighted by Crippen LogP contribution is -2.43. The minimum Gasteiger partial charge on any atom is -0.391 e. The molecule has 3 aromatic heterocycles. The van der Waals surface area contributed by atoms with Crippen LogP contribution in [0.5, 0.6) is 0 Å². The first-order valence-electron chi connectivity index (χ1n) is 13.9. The van der Waals surface area contributed by atoms with Gasteiger partial charge in [0.25, 0.3) is 5.91 Å². The van der Waals surface area contributed by atoms with Crippen molar-refractivity contribution >= 4 is 35.7 Å². The SMILES string of the molecule is C=NCC1CN(C2Nc3cc(C4CCCCN4C(=O)c4cnc5c(cnn5C(C)C)c4)nn3C=C2C)CC1O. The van der Waals surface area contributed by atoms with Crippen molar-refractivity contribution in [3.63, 3.8) is 0 Å². The van der Waals surface area contributed by atoms with Crippen molar-refractivity contribution in [1.82, 2.24) is 34.3 Å². The molecule has 3 aliphatic heterocycles. The first-order chi connectivity index (χ1) is 18.8. The number of fused-ring (bicyclic) bond motifs is 2. The zero-order valence-electron chi connectivity index (χ0n) is 22.9. The summed E-state index contributed by atoms with van der Waals surface area (Å²) >= 11 is 0. The van der Waals surface area contributed by atoms with Gasteiger partial charge < -0.3 is 20.3 Å². The van der Waals surface area contributed by atoms with Crippen molar-refractivity contribution in [2.75, 3.05) is 31.5 Å². The quantitative estimate of drug-likeness (QED) is 0.469. The molecule has 0 radical (unpaired) electrons. The van der Waals surface area contributed by atoms with E-state index in [4.69, 9.17) is 5.10 Å². The molecule has 0 bridgehead atoms. The largest absolute Gasteiger partial charge is 0.391 e. The molecule has 0 aromatic carbocycles. The summed E-state index contributed by atoms with van der Waals surface area (Å²) in [6, 6.07) is 4.06. The van der Waals surface area contributed by atoms with Gasteiger partial charge in [-0.05, 0) is 58.4 Å². The molecule has 2 saturated heterocycles. The zero-order chi connectivity index (χ0) is 27.3. The van der Waals surface area contributed by atoms with Crippen molar-refractivity contribution in [1.29, 1.82) is 0 Å². The van der Waals surface area contributed by atoms with Gasteiger partial charge in [-0.25, -0.2) is 14.3 Å². The number of nitrogens with one attached hydrogen (secondary N) is 1. The van der Waals surface area contributed by atoms with Gasteiger partial charge >= 0.3 is 0 Å². The van der Waals surface area contributed by atoms with E-state index in [1.165, 1.54) is 0 Å². The van der Waals surface area contributed by atoms with E-state index in [1.54, 1.807) is 12.4 Å². The maximum absolute atomic E-state index is 13.8. The molecule has 0 spiro atoms. The third kappa shape index (κ3) is 4.63. The van der Waals surface area contributed by atoms with Crippen molar-refractivity contribution in [2.24, 2.45) is 10.9 Å².